The van der Waals surface area contributed by atoms with Crippen molar-refractivity contribution in [2.24, 2.45) is 0 Å². The monoisotopic (exact) mass is 218 g/mol. The third-order valence-corrected chi connectivity index (χ3v) is 3.11. The summed E-state index contributed by atoms with van der Waals surface area (Å²) >= 11 is 0. The van der Waals surface area contributed by atoms with Crippen molar-refractivity contribution in [3.8, 4) is 0 Å². The second kappa shape index (κ2) is 5.75. The molecule has 2 heterocycles. The zero-order chi connectivity index (χ0) is 11.2. The molecule has 3 heteroatoms. The first-order valence-electron chi connectivity index (χ1n) is 6.02. The van der Waals surface area contributed by atoms with Crippen LogP contribution >= 0.6 is 0 Å². The molecule has 0 bridgehead atoms. The molecule has 1 aromatic rings. The van der Waals surface area contributed by atoms with Crippen molar-refractivity contribution in [3.05, 3.63) is 30.1 Å². The minimum Gasteiger partial charge on any atom is -0.303 e. The van der Waals surface area contributed by atoms with Crippen LogP contribution in [0.15, 0.2) is 24.5 Å². The highest BCUT2D eigenvalue weighted by atomic mass is 16.1. The molecule has 0 atom stereocenters. The number of piperidine rings is 1. The third-order valence-electron chi connectivity index (χ3n) is 3.11. The average Bonchev–Trinajstić information content (AvgIpc) is 2.38. The van der Waals surface area contributed by atoms with Gasteiger partial charge in [-0.25, -0.2) is 0 Å². The Hall–Kier alpha value is -1.22. The van der Waals surface area contributed by atoms with Gasteiger partial charge in [0.25, 0.3) is 0 Å². The van der Waals surface area contributed by atoms with Crippen LogP contribution in [0.2, 0.25) is 0 Å². The van der Waals surface area contributed by atoms with Gasteiger partial charge >= 0.3 is 0 Å². The van der Waals surface area contributed by atoms with Gasteiger partial charge in [-0.1, -0.05) is 6.42 Å². The van der Waals surface area contributed by atoms with Crippen LogP contribution in [0, 0.1) is 0 Å². The number of Topliss-reactive ketones (excluding diaryl/α,β-unsaturated/α-hetero) is 1. The van der Waals surface area contributed by atoms with E-state index in [0.29, 0.717) is 6.42 Å². The van der Waals surface area contributed by atoms with Crippen LogP contribution in [-0.2, 0) is 0 Å². The number of likely N-dealkylation sites (tertiary alicyclic amines) is 1. The summed E-state index contributed by atoms with van der Waals surface area (Å²) in [5.41, 5.74) is 0.784. The van der Waals surface area contributed by atoms with Crippen LogP contribution in [0.1, 0.15) is 36.0 Å². The lowest BCUT2D eigenvalue weighted by Crippen LogP contribution is -2.31. The van der Waals surface area contributed by atoms with E-state index in [2.05, 4.69) is 9.88 Å². The van der Waals surface area contributed by atoms with E-state index in [1.807, 2.05) is 0 Å². The van der Waals surface area contributed by atoms with E-state index in [0.717, 1.165) is 25.2 Å². The lowest BCUT2D eigenvalue weighted by atomic mass is 10.1. The number of carbonyl (C=O) groups excluding carboxylic acids is 1. The maximum absolute atomic E-state index is 11.8. The van der Waals surface area contributed by atoms with Crippen molar-refractivity contribution in [2.75, 3.05) is 19.6 Å². The van der Waals surface area contributed by atoms with Gasteiger partial charge < -0.3 is 4.90 Å². The predicted octanol–water partition coefficient (Wildman–Crippen LogP) is 2.14. The summed E-state index contributed by atoms with van der Waals surface area (Å²) in [4.78, 5) is 18.1. The molecule has 2 rings (SSSR count). The van der Waals surface area contributed by atoms with Gasteiger partial charge in [-0.2, -0.15) is 0 Å². The number of pyridine rings is 1. The van der Waals surface area contributed by atoms with Crippen molar-refractivity contribution in [2.45, 2.75) is 25.7 Å². The molecule has 0 aliphatic carbocycles. The second-order valence-corrected chi connectivity index (χ2v) is 4.31. The summed E-state index contributed by atoms with van der Waals surface area (Å²) < 4.78 is 0. The van der Waals surface area contributed by atoms with Gasteiger partial charge in [0, 0.05) is 30.9 Å². The molecular formula is C13H18N2O. The molecule has 16 heavy (non-hydrogen) atoms. The quantitative estimate of drug-likeness (QED) is 0.726. The van der Waals surface area contributed by atoms with Crippen molar-refractivity contribution < 1.29 is 4.79 Å². The normalized spacial score (nSPS) is 17.2. The first-order valence-corrected chi connectivity index (χ1v) is 6.02. The standard InChI is InChI=1S/C13H18N2O/c16-13(12-4-7-14-8-5-12)6-11-15-9-2-1-3-10-15/h4-5,7-8H,1-3,6,9-11H2. The second-order valence-electron chi connectivity index (χ2n) is 4.31. The fourth-order valence-corrected chi connectivity index (χ4v) is 2.12. The number of hydrogen-bond donors (Lipinski definition) is 0. The van der Waals surface area contributed by atoms with Crippen LogP contribution in [0.3, 0.4) is 0 Å². The Morgan fingerprint density at radius 3 is 2.56 bits per heavy atom. The SMILES string of the molecule is O=C(CCN1CCCCC1)c1ccncc1. The highest BCUT2D eigenvalue weighted by molar-refractivity contribution is 5.95. The maximum atomic E-state index is 11.8. The lowest BCUT2D eigenvalue weighted by Gasteiger charge is -2.25. The van der Waals surface area contributed by atoms with Crippen molar-refractivity contribution in [1.29, 1.82) is 0 Å². The molecule has 1 aromatic heterocycles. The Bertz CT molecular complexity index is 331. The van der Waals surface area contributed by atoms with Gasteiger partial charge in [0.1, 0.15) is 0 Å². The minimum atomic E-state index is 0.230. The van der Waals surface area contributed by atoms with Gasteiger partial charge in [-0.3, -0.25) is 9.78 Å². The van der Waals surface area contributed by atoms with E-state index >= 15 is 0 Å². The number of rotatable bonds is 4. The van der Waals surface area contributed by atoms with E-state index in [1.54, 1.807) is 24.5 Å². The highest BCUT2D eigenvalue weighted by Gasteiger charge is 2.12. The van der Waals surface area contributed by atoms with Crippen LogP contribution in [0.4, 0.5) is 0 Å². The van der Waals surface area contributed by atoms with Gasteiger partial charge in [0.05, 0.1) is 0 Å². The summed E-state index contributed by atoms with van der Waals surface area (Å²) in [6.07, 6.45) is 7.88. The van der Waals surface area contributed by atoms with Crippen molar-refractivity contribution in [3.63, 3.8) is 0 Å². The molecule has 1 aliphatic rings. The molecule has 0 spiro atoms. The number of nitrogens with zero attached hydrogens (tertiary/aromatic N) is 2. The van der Waals surface area contributed by atoms with Crippen molar-refractivity contribution in [1.82, 2.24) is 9.88 Å². The molecule has 86 valence electrons. The Morgan fingerprint density at radius 2 is 1.88 bits per heavy atom. The van der Waals surface area contributed by atoms with E-state index in [-0.39, 0.29) is 5.78 Å². The molecule has 3 nitrogen and oxygen atoms in total. The Kier molecular flexibility index (Phi) is 4.05. The summed E-state index contributed by atoms with van der Waals surface area (Å²) in [5, 5.41) is 0. The molecule has 0 unspecified atom stereocenters. The molecule has 0 radical (unpaired) electrons. The third kappa shape index (κ3) is 3.14. The number of carbonyl (C=O) groups is 1. The minimum absolute atomic E-state index is 0.230. The molecule has 0 aromatic carbocycles. The van der Waals surface area contributed by atoms with Crippen molar-refractivity contribution >= 4 is 5.78 Å². The topological polar surface area (TPSA) is 33.2 Å². The fraction of sp³-hybridized carbons (Fsp3) is 0.538. The smallest absolute Gasteiger partial charge is 0.164 e. The van der Waals surface area contributed by atoms with E-state index in [9.17, 15) is 4.79 Å². The van der Waals surface area contributed by atoms with E-state index in [4.69, 9.17) is 0 Å². The zero-order valence-electron chi connectivity index (χ0n) is 9.56. The number of ketones is 1. The Morgan fingerprint density at radius 1 is 1.19 bits per heavy atom. The molecule has 0 amide bonds. The average molecular weight is 218 g/mol. The fourth-order valence-electron chi connectivity index (χ4n) is 2.12. The summed E-state index contributed by atoms with van der Waals surface area (Å²) in [6, 6.07) is 3.58. The van der Waals surface area contributed by atoms with Gasteiger partial charge in [0.2, 0.25) is 0 Å². The van der Waals surface area contributed by atoms with Gasteiger partial charge in [0.15, 0.2) is 5.78 Å². The summed E-state index contributed by atoms with van der Waals surface area (Å²) in [7, 11) is 0. The zero-order valence-corrected chi connectivity index (χ0v) is 9.56. The summed E-state index contributed by atoms with van der Waals surface area (Å²) in [5.74, 6) is 0.230. The van der Waals surface area contributed by atoms with Gasteiger partial charge in [-0.15, -0.1) is 0 Å². The molecular weight excluding hydrogens is 200 g/mol. The first kappa shape index (κ1) is 11.3. The number of hydrogen-bond acceptors (Lipinski definition) is 3. The predicted molar refractivity (Wildman–Crippen MR) is 63.5 cm³/mol. The molecule has 1 saturated heterocycles. The number of aromatic nitrogens is 1. The van der Waals surface area contributed by atoms with Crippen LogP contribution in [-0.4, -0.2) is 35.3 Å². The van der Waals surface area contributed by atoms with Crippen LogP contribution in [0.5, 0.6) is 0 Å². The largest absolute Gasteiger partial charge is 0.303 e. The van der Waals surface area contributed by atoms with E-state index in [1.165, 1.54) is 19.3 Å². The highest BCUT2D eigenvalue weighted by Crippen LogP contribution is 2.10. The Balaban J connectivity index is 1.79. The van der Waals surface area contributed by atoms with Gasteiger partial charge in [-0.05, 0) is 38.1 Å². The van der Waals surface area contributed by atoms with Crippen LogP contribution < -0.4 is 0 Å². The lowest BCUT2D eigenvalue weighted by molar-refractivity contribution is 0.0958. The Labute approximate surface area is 96.5 Å². The first-order chi connectivity index (χ1) is 7.86. The molecule has 1 fully saturated rings. The maximum Gasteiger partial charge on any atom is 0.164 e. The van der Waals surface area contributed by atoms with E-state index < -0.39 is 0 Å². The molecule has 0 N–H and O–H groups in total. The van der Waals surface area contributed by atoms with Crippen LogP contribution in [0.25, 0.3) is 0 Å². The summed E-state index contributed by atoms with van der Waals surface area (Å²) in [6.45, 7) is 3.22. The molecule has 0 saturated carbocycles. The molecule has 1 aliphatic heterocycles.